The van der Waals surface area contributed by atoms with E-state index in [1.54, 1.807) is 18.2 Å². The van der Waals surface area contributed by atoms with Gasteiger partial charge < -0.3 is 15.4 Å². The molecule has 1 fully saturated rings. The molecular weight excluding hydrogens is 384 g/mol. The smallest absolute Gasteiger partial charge is 0.191 e. The first-order chi connectivity index (χ1) is 9.69. The average Bonchev–Trinajstić information content (AvgIpc) is 3.23. The maximum absolute atomic E-state index is 13.5. The summed E-state index contributed by atoms with van der Waals surface area (Å²) in [4.78, 5) is 4.47. The van der Waals surface area contributed by atoms with Crippen molar-refractivity contribution in [3.8, 4) is 5.75 Å². The molecule has 21 heavy (non-hydrogen) atoms. The molecule has 2 rings (SSSR count). The van der Waals surface area contributed by atoms with Crippen LogP contribution in [0.4, 0.5) is 4.39 Å². The number of para-hydroxylation sites is 1. The lowest BCUT2D eigenvalue weighted by Gasteiger charge is -2.15. The predicted octanol–water partition coefficient (Wildman–Crippen LogP) is 2.93. The summed E-state index contributed by atoms with van der Waals surface area (Å²) in [6.45, 7) is 5.22. The standard InChI is InChI=1S/C15H22FN3O.HI/c1-3-17-15(19-12-8-9-12)18-10-11(2)20-14-7-5-4-6-13(14)16;/h4-7,11-12H,3,8-10H2,1-2H3,(H2,17,18,19);1H. The fraction of sp³-hybridized carbons (Fsp3) is 0.533. The summed E-state index contributed by atoms with van der Waals surface area (Å²) in [5.41, 5.74) is 0. The highest BCUT2D eigenvalue weighted by atomic mass is 127. The topological polar surface area (TPSA) is 45.7 Å². The molecule has 1 aliphatic rings. The molecule has 118 valence electrons. The van der Waals surface area contributed by atoms with Crippen LogP contribution in [0.15, 0.2) is 29.3 Å². The molecule has 0 spiro atoms. The van der Waals surface area contributed by atoms with Gasteiger partial charge >= 0.3 is 0 Å². The van der Waals surface area contributed by atoms with Gasteiger partial charge in [-0.2, -0.15) is 0 Å². The Bertz CT molecular complexity index is 466. The number of nitrogens with zero attached hydrogens (tertiary/aromatic N) is 1. The summed E-state index contributed by atoms with van der Waals surface area (Å²) in [5.74, 6) is 0.737. The molecule has 0 saturated heterocycles. The quantitative estimate of drug-likeness (QED) is 0.433. The predicted molar refractivity (Wildman–Crippen MR) is 94.0 cm³/mol. The van der Waals surface area contributed by atoms with Crippen LogP contribution in [0, 0.1) is 5.82 Å². The molecule has 1 aliphatic carbocycles. The van der Waals surface area contributed by atoms with Gasteiger partial charge in [0, 0.05) is 12.6 Å². The fourth-order valence-electron chi connectivity index (χ4n) is 1.76. The van der Waals surface area contributed by atoms with Gasteiger partial charge in [0.15, 0.2) is 17.5 Å². The molecule has 0 aromatic heterocycles. The minimum atomic E-state index is -0.341. The van der Waals surface area contributed by atoms with Crippen molar-refractivity contribution < 1.29 is 9.13 Å². The van der Waals surface area contributed by atoms with Crippen LogP contribution in [-0.4, -0.2) is 31.2 Å². The van der Waals surface area contributed by atoms with Crippen molar-refractivity contribution in [1.29, 1.82) is 0 Å². The van der Waals surface area contributed by atoms with E-state index in [1.165, 1.54) is 18.9 Å². The van der Waals surface area contributed by atoms with Crippen molar-refractivity contribution in [1.82, 2.24) is 10.6 Å². The molecule has 2 N–H and O–H groups in total. The molecule has 0 amide bonds. The van der Waals surface area contributed by atoms with Crippen LogP contribution in [-0.2, 0) is 0 Å². The van der Waals surface area contributed by atoms with Crippen LogP contribution in [0.2, 0.25) is 0 Å². The van der Waals surface area contributed by atoms with Gasteiger partial charge in [0.2, 0.25) is 0 Å². The summed E-state index contributed by atoms with van der Waals surface area (Å²) >= 11 is 0. The molecule has 0 heterocycles. The van der Waals surface area contributed by atoms with Gasteiger partial charge in [-0.05, 0) is 38.8 Å². The Balaban J connectivity index is 0.00000220. The van der Waals surface area contributed by atoms with E-state index in [4.69, 9.17) is 4.74 Å². The zero-order valence-electron chi connectivity index (χ0n) is 12.4. The second kappa shape index (κ2) is 9.07. The SMILES string of the molecule is CCNC(=NCC(C)Oc1ccccc1F)NC1CC1.I. The largest absolute Gasteiger partial charge is 0.486 e. The van der Waals surface area contributed by atoms with Gasteiger partial charge in [-0.3, -0.25) is 0 Å². The zero-order chi connectivity index (χ0) is 14.4. The van der Waals surface area contributed by atoms with Crippen LogP contribution in [0.5, 0.6) is 5.75 Å². The van der Waals surface area contributed by atoms with Gasteiger partial charge in [-0.1, -0.05) is 12.1 Å². The molecule has 0 bridgehead atoms. The number of rotatable bonds is 6. The second-order valence-corrected chi connectivity index (χ2v) is 5.00. The van der Waals surface area contributed by atoms with Crippen molar-refractivity contribution >= 4 is 29.9 Å². The van der Waals surface area contributed by atoms with E-state index in [0.717, 1.165) is 12.5 Å². The second-order valence-electron chi connectivity index (χ2n) is 5.00. The average molecular weight is 407 g/mol. The Labute approximate surface area is 142 Å². The van der Waals surface area contributed by atoms with Crippen molar-refractivity contribution in [3.05, 3.63) is 30.1 Å². The zero-order valence-corrected chi connectivity index (χ0v) is 14.8. The number of guanidine groups is 1. The minimum Gasteiger partial charge on any atom is -0.486 e. The van der Waals surface area contributed by atoms with Crippen molar-refractivity contribution in [2.24, 2.45) is 4.99 Å². The van der Waals surface area contributed by atoms with Crippen LogP contribution in [0.3, 0.4) is 0 Å². The normalized spacial score (nSPS) is 15.9. The van der Waals surface area contributed by atoms with E-state index in [-0.39, 0.29) is 41.6 Å². The molecule has 4 nitrogen and oxygen atoms in total. The third-order valence-electron chi connectivity index (χ3n) is 2.93. The molecule has 0 radical (unpaired) electrons. The van der Waals surface area contributed by atoms with E-state index in [0.29, 0.717) is 12.6 Å². The van der Waals surface area contributed by atoms with Gasteiger partial charge in [0.1, 0.15) is 6.10 Å². The van der Waals surface area contributed by atoms with Crippen molar-refractivity contribution in [2.45, 2.75) is 38.8 Å². The van der Waals surface area contributed by atoms with Gasteiger partial charge in [0.25, 0.3) is 0 Å². The Kier molecular flexibility index (Phi) is 7.77. The highest BCUT2D eigenvalue weighted by Gasteiger charge is 2.22. The highest BCUT2D eigenvalue weighted by molar-refractivity contribution is 14.0. The Hall–Kier alpha value is -1.05. The maximum atomic E-state index is 13.5. The Morgan fingerprint density at radius 2 is 2.14 bits per heavy atom. The van der Waals surface area contributed by atoms with Gasteiger partial charge in [-0.15, -0.1) is 24.0 Å². The number of ether oxygens (including phenoxy) is 1. The number of hydrogen-bond donors (Lipinski definition) is 2. The lowest BCUT2D eigenvalue weighted by atomic mass is 10.3. The molecule has 1 aromatic rings. The van der Waals surface area contributed by atoms with E-state index in [1.807, 2.05) is 13.8 Å². The summed E-state index contributed by atoms with van der Waals surface area (Å²) in [7, 11) is 0. The summed E-state index contributed by atoms with van der Waals surface area (Å²) < 4.78 is 19.0. The lowest BCUT2D eigenvalue weighted by molar-refractivity contribution is 0.220. The molecule has 1 unspecified atom stereocenters. The number of benzene rings is 1. The minimum absolute atomic E-state index is 0. The van der Waals surface area contributed by atoms with E-state index >= 15 is 0 Å². The first-order valence-corrected chi connectivity index (χ1v) is 7.15. The van der Waals surface area contributed by atoms with Crippen LogP contribution in [0.25, 0.3) is 0 Å². The number of halogens is 2. The molecule has 1 saturated carbocycles. The summed E-state index contributed by atoms with van der Waals surface area (Å²) in [6, 6.07) is 6.98. The monoisotopic (exact) mass is 407 g/mol. The lowest BCUT2D eigenvalue weighted by Crippen LogP contribution is -2.39. The molecule has 6 heteroatoms. The summed E-state index contributed by atoms with van der Waals surface area (Å²) in [6.07, 6.45) is 2.22. The molecule has 1 aromatic carbocycles. The summed E-state index contributed by atoms with van der Waals surface area (Å²) in [5, 5.41) is 6.53. The van der Waals surface area contributed by atoms with Crippen LogP contribution < -0.4 is 15.4 Å². The van der Waals surface area contributed by atoms with Crippen LogP contribution in [0.1, 0.15) is 26.7 Å². The number of hydrogen-bond acceptors (Lipinski definition) is 2. The first kappa shape index (κ1) is 18.0. The van der Waals surface area contributed by atoms with Crippen molar-refractivity contribution in [3.63, 3.8) is 0 Å². The Morgan fingerprint density at radius 1 is 1.43 bits per heavy atom. The fourth-order valence-corrected chi connectivity index (χ4v) is 1.76. The van der Waals surface area contributed by atoms with E-state index < -0.39 is 0 Å². The van der Waals surface area contributed by atoms with Crippen LogP contribution >= 0.6 is 24.0 Å². The number of nitrogens with one attached hydrogen (secondary N) is 2. The molecule has 0 aliphatic heterocycles. The van der Waals surface area contributed by atoms with E-state index in [9.17, 15) is 4.39 Å². The van der Waals surface area contributed by atoms with E-state index in [2.05, 4.69) is 15.6 Å². The number of aliphatic imine (C=N–C) groups is 1. The Morgan fingerprint density at radius 3 is 2.76 bits per heavy atom. The maximum Gasteiger partial charge on any atom is 0.191 e. The van der Waals surface area contributed by atoms with Gasteiger partial charge in [-0.25, -0.2) is 9.38 Å². The third kappa shape index (κ3) is 6.50. The van der Waals surface area contributed by atoms with Gasteiger partial charge in [0.05, 0.1) is 6.54 Å². The molecule has 1 atom stereocenters. The first-order valence-electron chi connectivity index (χ1n) is 7.15. The molecular formula is C15H23FIN3O. The third-order valence-corrected chi connectivity index (χ3v) is 2.93. The van der Waals surface area contributed by atoms with Crippen molar-refractivity contribution in [2.75, 3.05) is 13.1 Å². The highest BCUT2D eigenvalue weighted by Crippen LogP contribution is 2.18.